The molecule has 2 amide bonds. The number of hydrogen-bond donors (Lipinski definition) is 2. The van der Waals surface area contributed by atoms with E-state index in [-0.39, 0.29) is 6.03 Å². The van der Waals surface area contributed by atoms with Gasteiger partial charge >= 0.3 is 6.03 Å². The normalized spacial score (nSPS) is 14.5. The highest BCUT2D eigenvalue weighted by molar-refractivity contribution is 9.11. The van der Waals surface area contributed by atoms with Gasteiger partial charge in [-0.1, -0.05) is 0 Å². The van der Waals surface area contributed by atoms with Gasteiger partial charge in [0.1, 0.15) is 5.75 Å². The molecule has 5 nitrogen and oxygen atoms in total. The molecule has 0 saturated carbocycles. The molecule has 2 rings (SSSR count). The highest BCUT2D eigenvalue weighted by Crippen LogP contribution is 2.34. The Morgan fingerprint density at radius 1 is 1.42 bits per heavy atom. The molecule has 1 fully saturated rings. The molecular formula is C12H15Br2N3O2. The van der Waals surface area contributed by atoms with E-state index in [0.29, 0.717) is 13.1 Å². The molecule has 1 aromatic carbocycles. The molecule has 0 unspecified atom stereocenters. The van der Waals surface area contributed by atoms with Gasteiger partial charge in [0.2, 0.25) is 0 Å². The first-order valence-electron chi connectivity index (χ1n) is 5.91. The third-order valence-corrected chi connectivity index (χ3v) is 4.16. The van der Waals surface area contributed by atoms with E-state index in [0.717, 1.165) is 33.5 Å². The number of amides is 2. The number of hydrogen-bond acceptors (Lipinski definition) is 3. The van der Waals surface area contributed by atoms with Crippen molar-refractivity contribution < 1.29 is 9.53 Å². The predicted molar refractivity (Wildman–Crippen MR) is 81.9 cm³/mol. The van der Waals surface area contributed by atoms with Crippen molar-refractivity contribution in [3.63, 3.8) is 0 Å². The third kappa shape index (κ3) is 3.54. The van der Waals surface area contributed by atoms with Gasteiger partial charge in [0.15, 0.2) is 0 Å². The van der Waals surface area contributed by atoms with Crippen LogP contribution in [-0.4, -0.2) is 44.2 Å². The zero-order valence-electron chi connectivity index (χ0n) is 10.5. The van der Waals surface area contributed by atoms with Crippen molar-refractivity contribution >= 4 is 43.6 Å². The van der Waals surface area contributed by atoms with Gasteiger partial charge in [-0.25, -0.2) is 4.79 Å². The lowest BCUT2D eigenvalue weighted by molar-refractivity contribution is 0.219. The van der Waals surface area contributed by atoms with Gasteiger partial charge in [-0.15, -0.1) is 0 Å². The topological polar surface area (TPSA) is 53.6 Å². The second kappa shape index (κ2) is 6.47. The zero-order chi connectivity index (χ0) is 13.8. The van der Waals surface area contributed by atoms with Gasteiger partial charge in [-0.05, 0) is 37.9 Å². The Balaban J connectivity index is 1.93. The van der Waals surface area contributed by atoms with Gasteiger partial charge in [-0.2, -0.15) is 0 Å². The van der Waals surface area contributed by atoms with E-state index in [4.69, 9.17) is 4.74 Å². The first-order valence-corrected chi connectivity index (χ1v) is 7.50. The molecule has 0 aromatic heterocycles. The molecule has 0 spiro atoms. The van der Waals surface area contributed by atoms with Gasteiger partial charge in [-0.3, -0.25) is 0 Å². The summed E-state index contributed by atoms with van der Waals surface area (Å²) in [6, 6.07) is 3.86. The number of nitrogens with one attached hydrogen (secondary N) is 2. The summed E-state index contributed by atoms with van der Waals surface area (Å²) in [6.45, 7) is 2.87. The van der Waals surface area contributed by atoms with Crippen LogP contribution in [0.2, 0.25) is 0 Å². The van der Waals surface area contributed by atoms with Gasteiger partial charge in [0.25, 0.3) is 0 Å². The number of ether oxygens (including phenoxy) is 1. The highest BCUT2D eigenvalue weighted by atomic mass is 79.9. The Bertz CT molecular complexity index is 482. The van der Waals surface area contributed by atoms with Crippen LogP contribution >= 0.6 is 31.9 Å². The number of anilines is 1. The van der Waals surface area contributed by atoms with Crippen LogP contribution in [0.5, 0.6) is 5.75 Å². The number of urea groups is 1. The summed E-state index contributed by atoms with van der Waals surface area (Å²) in [5, 5.41) is 6.07. The molecule has 1 aliphatic rings. The van der Waals surface area contributed by atoms with Crippen molar-refractivity contribution in [2.75, 3.05) is 38.6 Å². The van der Waals surface area contributed by atoms with Crippen LogP contribution in [0, 0.1) is 0 Å². The Hall–Kier alpha value is -0.950. The summed E-state index contributed by atoms with van der Waals surface area (Å²) in [5.41, 5.74) is 0.944. The summed E-state index contributed by atoms with van der Waals surface area (Å²) in [5.74, 6) is 0.768. The monoisotopic (exact) mass is 391 g/mol. The van der Waals surface area contributed by atoms with Gasteiger partial charge < -0.3 is 20.3 Å². The van der Waals surface area contributed by atoms with Crippen molar-refractivity contribution in [2.24, 2.45) is 0 Å². The fourth-order valence-electron chi connectivity index (χ4n) is 1.87. The lowest BCUT2D eigenvalue weighted by Crippen LogP contribution is -2.32. The van der Waals surface area contributed by atoms with Crippen LogP contribution in [0.15, 0.2) is 21.1 Å². The quantitative estimate of drug-likeness (QED) is 0.809. The maximum Gasteiger partial charge on any atom is 0.317 e. The summed E-state index contributed by atoms with van der Waals surface area (Å²) in [4.78, 5) is 13.2. The minimum Gasteiger partial charge on any atom is -0.495 e. The van der Waals surface area contributed by atoms with Crippen LogP contribution in [0.25, 0.3) is 0 Å². The molecule has 0 aliphatic carbocycles. The number of methoxy groups -OCH3 is 1. The van der Waals surface area contributed by atoms with E-state index in [1.807, 2.05) is 12.1 Å². The van der Waals surface area contributed by atoms with Crippen LogP contribution in [0.3, 0.4) is 0 Å². The summed E-state index contributed by atoms with van der Waals surface area (Å²) in [6.07, 6.45) is 0. The minimum absolute atomic E-state index is 0.00857. The number of carbonyl (C=O) groups excluding carboxylic acids is 1. The molecule has 0 radical (unpaired) electrons. The fraction of sp³-hybridized carbons (Fsp3) is 0.417. The summed E-state index contributed by atoms with van der Waals surface area (Å²) < 4.78 is 7.10. The molecule has 1 saturated heterocycles. The number of carbonyl (C=O) groups is 1. The minimum atomic E-state index is 0.00857. The largest absolute Gasteiger partial charge is 0.495 e. The van der Waals surface area contributed by atoms with E-state index in [9.17, 15) is 4.79 Å². The molecule has 1 heterocycles. The highest BCUT2D eigenvalue weighted by Gasteiger charge is 2.18. The molecule has 19 heavy (non-hydrogen) atoms. The smallest absolute Gasteiger partial charge is 0.317 e. The van der Waals surface area contributed by atoms with Gasteiger partial charge in [0.05, 0.1) is 17.3 Å². The lowest BCUT2D eigenvalue weighted by Gasteiger charge is -2.16. The molecule has 0 atom stereocenters. The van der Waals surface area contributed by atoms with Crippen LogP contribution in [0.4, 0.5) is 10.5 Å². The van der Waals surface area contributed by atoms with Crippen molar-refractivity contribution in [2.45, 2.75) is 0 Å². The van der Waals surface area contributed by atoms with Gasteiger partial charge in [0, 0.05) is 36.7 Å². The summed E-state index contributed by atoms with van der Waals surface area (Å²) in [7, 11) is 1.63. The molecule has 2 N–H and O–H groups in total. The second-order valence-electron chi connectivity index (χ2n) is 4.11. The van der Waals surface area contributed by atoms with E-state index in [2.05, 4.69) is 42.5 Å². The summed E-state index contributed by atoms with van der Waals surface area (Å²) >= 11 is 6.92. The third-order valence-electron chi connectivity index (χ3n) is 2.88. The standard InChI is InChI=1S/C12H15Br2N3O2/c1-19-11-7-10(8(13)6-9(11)14)15-2-4-17-5-3-16-12(17)18/h6-7,15H,2-5H2,1H3,(H,16,18). The number of nitrogens with zero attached hydrogens (tertiary/aromatic N) is 1. The predicted octanol–water partition coefficient (Wildman–Crippen LogP) is 2.66. The Morgan fingerprint density at radius 2 is 2.21 bits per heavy atom. The van der Waals surface area contributed by atoms with Crippen LogP contribution < -0.4 is 15.4 Å². The van der Waals surface area contributed by atoms with Crippen LogP contribution in [-0.2, 0) is 0 Å². The average molecular weight is 393 g/mol. The van der Waals surface area contributed by atoms with E-state index >= 15 is 0 Å². The van der Waals surface area contributed by atoms with E-state index in [1.165, 1.54) is 0 Å². The first-order chi connectivity index (χ1) is 9.11. The average Bonchev–Trinajstić information content (AvgIpc) is 2.78. The molecule has 1 aromatic rings. The second-order valence-corrected chi connectivity index (χ2v) is 5.82. The molecule has 1 aliphatic heterocycles. The van der Waals surface area contributed by atoms with Crippen molar-refractivity contribution in [1.29, 1.82) is 0 Å². The zero-order valence-corrected chi connectivity index (χ0v) is 13.7. The van der Waals surface area contributed by atoms with E-state index < -0.39 is 0 Å². The Morgan fingerprint density at radius 3 is 2.84 bits per heavy atom. The SMILES string of the molecule is COc1cc(NCCN2CCNC2=O)c(Br)cc1Br. The maximum atomic E-state index is 11.4. The van der Waals surface area contributed by atoms with Crippen molar-refractivity contribution in [3.05, 3.63) is 21.1 Å². The maximum absolute atomic E-state index is 11.4. The fourth-order valence-corrected chi connectivity index (χ4v) is 3.17. The first kappa shape index (κ1) is 14.5. The molecule has 0 bridgehead atoms. The number of benzene rings is 1. The van der Waals surface area contributed by atoms with Crippen molar-refractivity contribution in [3.8, 4) is 5.75 Å². The Kier molecular flexibility index (Phi) is 4.93. The van der Waals surface area contributed by atoms with Crippen LogP contribution in [0.1, 0.15) is 0 Å². The number of halogens is 2. The molecular weight excluding hydrogens is 378 g/mol. The molecule has 7 heteroatoms. The molecule has 104 valence electrons. The van der Waals surface area contributed by atoms with E-state index in [1.54, 1.807) is 12.0 Å². The number of rotatable bonds is 5. The Labute approximate surface area is 128 Å². The lowest BCUT2D eigenvalue weighted by atomic mass is 10.3. The van der Waals surface area contributed by atoms with Crippen molar-refractivity contribution in [1.82, 2.24) is 10.2 Å².